The van der Waals surface area contributed by atoms with Crippen LogP contribution in [0, 0.1) is 18.8 Å². The minimum Gasteiger partial charge on any atom is -0.316 e. The first kappa shape index (κ1) is 10.3. The number of benzene rings is 1. The van der Waals surface area contributed by atoms with Crippen LogP contribution in [0.3, 0.4) is 0 Å². The molecule has 1 aromatic carbocycles. The average molecular weight is 215 g/mol. The Morgan fingerprint density at radius 3 is 3.00 bits per heavy atom. The zero-order valence-corrected chi connectivity index (χ0v) is 10.1. The molecule has 1 heteroatoms. The van der Waals surface area contributed by atoms with E-state index >= 15 is 0 Å². The highest BCUT2D eigenvalue weighted by molar-refractivity contribution is 5.27. The van der Waals surface area contributed by atoms with Gasteiger partial charge in [-0.1, -0.05) is 36.2 Å². The molecule has 2 aliphatic rings. The molecule has 1 heterocycles. The minimum atomic E-state index is 0.814. The second-order valence-electron chi connectivity index (χ2n) is 5.53. The number of rotatable bonds is 1. The second-order valence-corrected chi connectivity index (χ2v) is 5.53. The van der Waals surface area contributed by atoms with Gasteiger partial charge in [-0.15, -0.1) is 0 Å². The van der Waals surface area contributed by atoms with E-state index in [1.165, 1.54) is 37.9 Å². The second kappa shape index (κ2) is 4.21. The fraction of sp³-hybridized carbons (Fsp3) is 0.600. The number of fused-ring (bicyclic) bond motifs is 1. The Bertz CT molecular complexity index is 371. The maximum atomic E-state index is 3.58. The summed E-state index contributed by atoms with van der Waals surface area (Å²) in [6, 6.07) is 9.15. The summed E-state index contributed by atoms with van der Waals surface area (Å²) in [7, 11) is 0. The van der Waals surface area contributed by atoms with Crippen LogP contribution in [0.15, 0.2) is 24.3 Å². The Kier molecular flexibility index (Phi) is 2.72. The number of hydrogen-bond donors (Lipinski definition) is 1. The molecule has 86 valence electrons. The van der Waals surface area contributed by atoms with Crippen molar-refractivity contribution in [2.45, 2.75) is 32.1 Å². The highest BCUT2D eigenvalue weighted by atomic mass is 14.9. The SMILES string of the molecule is Cc1cccc([C@H]2CCCC3CNCC32)c1. The van der Waals surface area contributed by atoms with Crippen molar-refractivity contribution in [3.63, 3.8) is 0 Å². The first-order valence-corrected chi connectivity index (χ1v) is 6.62. The van der Waals surface area contributed by atoms with Crippen LogP contribution >= 0.6 is 0 Å². The number of nitrogens with one attached hydrogen (secondary N) is 1. The normalized spacial score (nSPS) is 33.7. The van der Waals surface area contributed by atoms with Crippen LogP contribution in [-0.4, -0.2) is 13.1 Å². The molecule has 2 fully saturated rings. The van der Waals surface area contributed by atoms with Crippen LogP contribution in [0.2, 0.25) is 0 Å². The lowest BCUT2D eigenvalue weighted by molar-refractivity contribution is 0.258. The van der Waals surface area contributed by atoms with Gasteiger partial charge in [0.25, 0.3) is 0 Å². The zero-order chi connectivity index (χ0) is 11.0. The number of hydrogen-bond acceptors (Lipinski definition) is 1. The predicted molar refractivity (Wildman–Crippen MR) is 67.6 cm³/mol. The lowest BCUT2D eigenvalue weighted by Crippen LogP contribution is -2.25. The van der Waals surface area contributed by atoms with Crippen molar-refractivity contribution >= 4 is 0 Å². The van der Waals surface area contributed by atoms with Crippen LogP contribution in [0.1, 0.15) is 36.3 Å². The van der Waals surface area contributed by atoms with E-state index in [2.05, 4.69) is 36.5 Å². The van der Waals surface area contributed by atoms with Gasteiger partial charge in [-0.3, -0.25) is 0 Å². The third kappa shape index (κ3) is 1.78. The zero-order valence-electron chi connectivity index (χ0n) is 10.1. The van der Waals surface area contributed by atoms with E-state index in [-0.39, 0.29) is 0 Å². The lowest BCUT2D eigenvalue weighted by atomic mass is 9.71. The molecular formula is C15H21N. The summed E-state index contributed by atoms with van der Waals surface area (Å²) in [4.78, 5) is 0. The molecule has 16 heavy (non-hydrogen) atoms. The van der Waals surface area contributed by atoms with Crippen LogP contribution in [0.5, 0.6) is 0 Å². The molecule has 2 unspecified atom stereocenters. The Morgan fingerprint density at radius 1 is 1.19 bits per heavy atom. The van der Waals surface area contributed by atoms with Crippen molar-refractivity contribution in [1.29, 1.82) is 0 Å². The van der Waals surface area contributed by atoms with Gasteiger partial charge in [0.15, 0.2) is 0 Å². The Labute approximate surface area is 98.3 Å². The van der Waals surface area contributed by atoms with Crippen molar-refractivity contribution in [2.24, 2.45) is 11.8 Å². The van der Waals surface area contributed by atoms with Gasteiger partial charge in [0.05, 0.1) is 0 Å². The maximum Gasteiger partial charge on any atom is -0.00114 e. The van der Waals surface area contributed by atoms with Gasteiger partial charge < -0.3 is 5.32 Å². The first-order valence-electron chi connectivity index (χ1n) is 6.62. The van der Waals surface area contributed by atoms with E-state index in [1.54, 1.807) is 5.56 Å². The molecule has 3 rings (SSSR count). The summed E-state index contributed by atoms with van der Waals surface area (Å²) in [5.74, 6) is 2.66. The van der Waals surface area contributed by atoms with Crippen LogP contribution in [0.4, 0.5) is 0 Å². The third-order valence-corrected chi connectivity index (χ3v) is 4.47. The summed E-state index contributed by atoms with van der Waals surface area (Å²) in [6.45, 7) is 4.70. The molecule has 0 spiro atoms. The fourth-order valence-corrected chi connectivity index (χ4v) is 3.67. The summed E-state index contributed by atoms with van der Waals surface area (Å²) in [5, 5.41) is 3.58. The quantitative estimate of drug-likeness (QED) is 0.759. The van der Waals surface area contributed by atoms with Crippen LogP contribution in [-0.2, 0) is 0 Å². The molecule has 1 aliphatic heterocycles. The standard InChI is InChI=1S/C15H21N/c1-11-4-2-5-12(8-11)14-7-3-6-13-9-16-10-15(13)14/h2,4-5,8,13-16H,3,6-7,9-10H2,1H3/t13?,14-,15?/m1/s1. The topological polar surface area (TPSA) is 12.0 Å². The van der Waals surface area contributed by atoms with Gasteiger partial charge in [-0.2, -0.15) is 0 Å². The Balaban J connectivity index is 1.88. The molecule has 1 saturated heterocycles. The summed E-state index contributed by atoms with van der Waals surface area (Å²) < 4.78 is 0. The van der Waals surface area contributed by atoms with Crippen molar-refractivity contribution in [1.82, 2.24) is 5.32 Å². The van der Waals surface area contributed by atoms with Gasteiger partial charge >= 0.3 is 0 Å². The van der Waals surface area contributed by atoms with E-state index in [9.17, 15) is 0 Å². The average Bonchev–Trinajstić information content (AvgIpc) is 2.76. The molecule has 0 bridgehead atoms. The van der Waals surface area contributed by atoms with E-state index < -0.39 is 0 Å². The molecule has 0 aromatic heterocycles. The van der Waals surface area contributed by atoms with Crippen LogP contribution in [0.25, 0.3) is 0 Å². The maximum absolute atomic E-state index is 3.58. The Morgan fingerprint density at radius 2 is 2.12 bits per heavy atom. The summed E-state index contributed by atoms with van der Waals surface area (Å²) in [6.07, 6.45) is 4.26. The Hall–Kier alpha value is -0.820. The van der Waals surface area contributed by atoms with Crippen molar-refractivity contribution in [3.8, 4) is 0 Å². The van der Waals surface area contributed by atoms with Crippen molar-refractivity contribution in [3.05, 3.63) is 35.4 Å². The van der Waals surface area contributed by atoms with E-state index in [1.807, 2.05) is 0 Å². The molecule has 0 radical (unpaired) electrons. The first-order chi connectivity index (χ1) is 7.84. The molecule has 1 aromatic rings. The largest absolute Gasteiger partial charge is 0.316 e. The van der Waals surface area contributed by atoms with Crippen molar-refractivity contribution < 1.29 is 0 Å². The van der Waals surface area contributed by atoms with Gasteiger partial charge in [0.2, 0.25) is 0 Å². The van der Waals surface area contributed by atoms with E-state index in [4.69, 9.17) is 0 Å². The third-order valence-electron chi connectivity index (χ3n) is 4.47. The summed E-state index contributed by atoms with van der Waals surface area (Å²) >= 11 is 0. The monoisotopic (exact) mass is 215 g/mol. The van der Waals surface area contributed by atoms with Crippen molar-refractivity contribution in [2.75, 3.05) is 13.1 Å². The van der Waals surface area contributed by atoms with E-state index in [0.717, 1.165) is 17.8 Å². The molecule has 1 N–H and O–H groups in total. The summed E-state index contributed by atoms with van der Waals surface area (Å²) in [5.41, 5.74) is 2.99. The number of aryl methyl sites for hydroxylation is 1. The van der Waals surface area contributed by atoms with Gasteiger partial charge in [-0.25, -0.2) is 0 Å². The molecule has 1 saturated carbocycles. The highest BCUT2D eigenvalue weighted by Crippen LogP contribution is 2.42. The predicted octanol–water partition coefficient (Wildman–Crippen LogP) is 3.10. The lowest BCUT2D eigenvalue weighted by Gasteiger charge is -2.33. The fourth-order valence-electron chi connectivity index (χ4n) is 3.67. The molecule has 3 atom stereocenters. The minimum absolute atomic E-state index is 0.814. The highest BCUT2D eigenvalue weighted by Gasteiger charge is 2.36. The van der Waals surface area contributed by atoms with E-state index in [0.29, 0.717) is 0 Å². The van der Waals surface area contributed by atoms with Gasteiger partial charge in [-0.05, 0) is 56.2 Å². The van der Waals surface area contributed by atoms with Crippen LogP contribution < -0.4 is 5.32 Å². The smallest absolute Gasteiger partial charge is 0.00114 e. The molecular weight excluding hydrogens is 194 g/mol. The molecule has 0 amide bonds. The molecule has 1 aliphatic carbocycles. The molecule has 1 nitrogen and oxygen atoms in total. The van der Waals surface area contributed by atoms with Gasteiger partial charge in [0, 0.05) is 0 Å². The van der Waals surface area contributed by atoms with Gasteiger partial charge in [0.1, 0.15) is 0 Å².